The van der Waals surface area contributed by atoms with E-state index in [-0.39, 0.29) is 0 Å². The topological polar surface area (TPSA) is 58.9 Å². The smallest absolute Gasteiger partial charge is 0.0993 e. The Balaban J connectivity index is 1.57. The maximum Gasteiger partial charge on any atom is 0.0993 e. The minimum Gasteiger partial charge on any atom is -0.311 e. The molecule has 0 saturated heterocycles. The lowest BCUT2D eigenvalue weighted by atomic mass is 10.1. The highest BCUT2D eigenvalue weighted by Crippen LogP contribution is 2.35. The number of pyridine rings is 1. The summed E-state index contributed by atoms with van der Waals surface area (Å²) in [5, 5.41) is 13.4. The van der Waals surface area contributed by atoms with Crippen molar-refractivity contribution in [3.8, 4) is 17.4 Å². The molecular formula is C28H17N5. The van der Waals surface area contributed by atoms with Crippen LogP contribution in [0, 0.1) is 11.3 Å². The Morgan fingerprint density at radius 1 is 0.758 bits per heavy atom. The summed E-state index contributed by atoms with van der Waals surface area (Å²) in [6, 6.07) is 27.2. The molecule has 3 aromatic carbocycles. The molecule has 1 aliphatic rings. The van der Waals surface area contributed by atoms with E-state index in [1.165, 1.54) is 10.8 Å². The molecule has 5 nitrogen and oxygen atoms in total. The van der Waals surface area contributed by atoms with E-state index in [4.69, 9.17) is 0 Å². The number of rotatable bonds is 2. The number of benzene rings is 3. The van der Waals surface area contributed by atoms with E-state index in [0.29, 0.717) is 12.1 Å². The Labute approximate surface area is 189 Å². The van der Waals surface area contributed by atoms with Crippen LogP contribution in [0.5, 0.6) is 0 Å². The Hall–Kier alpha value is -4.69. The Bertz CT molecular complexity index is 1760. The maximum atomic E-state index is 9.91. The van der Waals surface area contributed by atoms with Crippen molar-refractivity contribution in [2.45, 2.75) is 6.54 Å². The Morgan fingerprint density at radius 2 is 1.45 bits per heavy atom. The van der Waals surface area contributed by atoms with Crippen molar-refractivity contribution < 1.29 is 0 Å². The van der Waals surface area contributed by atoms with E-state index in [1.807, 2.05) is 42.9 Å². The van der Waals surface area contributed by atoms with Gasteiger partial charge in [0.25, 0.3) is 0 Å². The zero-order valence-corrected chi connectivity index (χ0v) is 17.6. The molecule has 0 atom stereocenters. The van der Waals surface area contributed by atoms with E-state index in [9.17, 15) is 5.26 Å². The van der Waals surface area contributed by atoms with Gasteiger partial charge >= 0.3 is 0 Å². The molecule has 33 heavy (non-hydrogen) atoms. The molecule has 0 radical (unpaired) electrons. The van der Waals surface area contributed by atoms with E-state index >= 15 is 0 Å². The Kier molecular flexibility index (Phi) is 3.62. The SMILES string of the molecule is N#Cc1cc(-n2c3c(c4ccccc42)C=NC3)cc(-n2c3ccccc3c3ccncc32)c1. The number of para-hydroxylation sites is 2. The van der Waals surface area contributed by atoms with Gasteiger partial charge in [-0.15, -0.1) is 0 Å². The van der Waals surface area contributed by atoms with E-state index in [1.54, 1.807) is 0 Å². The van der Waals surface area contributed by atoms with Crippen LogP contribution in [0.15, 0.2) is 90.2 Å². The summed E-state index contributed by atoms with van der Waals surface area (Å²) < 4.78 is 4.44. The highest BCUT2D eigenvalue weighted by Gasteiger charge is 2.21. The van der Waals surface area contributed by atoms with Crippen LogP contribution in [-0.4, -0.2) is 20.3 Å². The van der Waals surface area contributed by atoms with Crippen molar-refractivity contribution in [2.75, 3.05) is 0 Å². The van der Waals surface area contributed by atoms with Gasteiger partial charge in [-0.2, -0.15) is 5.26 Å². The summed E-state index contributed by atoms with van der Waals surface area (Å²) in [6.07, 6.45) is 5.68. The lowest BCUT2D eigenvalue weighted by Gasteiger charge is -2.14. The van der Waals surface area contributed by atoms with Crippen LogP contribution in [0.3, 0.4) is 0 Å². The van der Waals surface area contributed by atoms with Crippen molar-refractivity contribution in [3.63, 3.8) is 0 Å². The van der Waals surface area contributed by atoms with Crippen LogP contribution in [0.25, 0.3) is 44.1 Å². The third-order valence-corrected chi connectivity index (χ3v) is 6.50. The molecule has 6 aromatic rings. The monoisotopic (exact) mass is 423 g/mol. The molecule has 0 unspecified atom stereocenters. The molecule has 0 bridgehead atoms. The second-order valence-corrected chi connectivity index (χ2v) is 8.28. The number of nitriles is 1. The summed E-state index contributed by atoms with van der Waals surface area (Å²) in [5.74, 6) is 0. The number of hydrogen-bond acceptors (Lipinski definition) is 3. The van der Waals surface area contributed by atoms with Crippen LogP contribution in [0.1, 0.15) is 16.8 Å². The lowest BCUT2D eigenvalue weighted by molar-refractivity contribution is 0.949. The van der Waals surface area contributed by atoms with Crippen LogP contribution in [0.2, 0.25) is 0 Å². The first kappa shape index (κ1) is 17.9. The molecule has 4 heterocycles. The maximum absolute atomic E-state index is 9.91. The van der Waals surface area contributed by atoms with Crippen LogP contribution >= 0.6 is 0 Å². The van der Waals surface area contributed by atoms with Gasteiger partial charge in [0.1, 0.15) is 0 Å². The minimum atomic E-state index is 0.614. The van der Waals surface area contributed by atoms with Crippen molar-refractivity contribution in [2.24, 2.45) is 4.99 Å². The second kappa shape index (κ2) is 6.65. The van der Waals surface area contributed by atoms with Gasteiger partial charge in [0.15, 0.2) is 0 Å². The first-order valence-electron chi connectivity index (χ1n) is 10.8. The first-order valence-corrected chi connectivity index (χ1v) is 10.8. The third-order valence-electron chi connectivity index (χ3n) is 6.50. The molecule has 0 saturated carbocycles. The summed E-state index contributed by atoms with van der Waals surface area (Å²) in [4.78, 5) is 8.91. The first-order chi connectivity index (χ1) is 16.3. The van der Waals surface area contributed by atoms with Gasteiger partial charge < -0.3 is 9.13 Å². The van der Waals surface area contributed by atoms with Crippen LogP contribution in [-0.2, 0) is 6.54 Å². The zero-order chi connectivity index (χ0) is 21.9. The van der Waals surface area contributed by atoms with Gasteiger partial charge in [0.05, 0.1) is 46.6 Å². The normalized spacial score (nSPS) is 12.6. The zero-order valence-electron chi connectivity index (χ0n) is 17.6. The number of aromatic nitrogens is 3. The van der Waals surface area contributed by atoms with E-state index in [2.05, 4.69) is 73.7 Å². The van der Waals surface area contributed by atoms with Crippen LogP contribution in [0.4, 0.5) is 0 Å². The lowest BCUT2D eigenvalue weighted by Crippen LogP contribution is -2.02. The molecule has 0 spiro atoms. The van der Waals surface area contributed by atoms with Gasteiger partial charge in [-0.1, -0.05) is 36.4 Å². The number of fused-ring (bicyclic) bond motifs is 6. The largest absolute Gasteiger partial charge is 0.311 e. The predicted octanol–water partition coefficient (Wildman–Crippen LogP) is 5.93. The minimum absolute atomic E-state index is 0.614. The molecule has 154 valence electrons. The molecular weight excluding hydrogens is 406 g/mol. The number of hydrogen-bond donors (Lipinski definition) is 0. The third kappa shape index (κ3) is 2.46. The fraction of sp³-hybridized carbons (Fsp3) is 0.0357. The second-order valence-electron chi connectivity index (χ2n) is 8.28. The van der Waals surface area contributed by atoms with E-state index in [0.717, 1.165) is 44.6 Å². The molecule has 7 rings (SSSR count). The molecule has 3 aromatic heterocycles. The molecule has 0 fully saturated rings. The van der Waals surface area contributed by atoms with Crippen LogP contribution < -0.4 is 0 Å². The highest BCUT2D eigenvalue weighted by atomic mass is 15.0. The van der Waals surface area contributed by atoms with Crippen molar-refractivity contribution in [3.05, 3.63) is 102 Å². The molecule has 5 heteroatoms. The van der Waals surface area contributed by atoms with Gasteiger partial charge in [-0.05, 0) is 36.4 Å². The molecule has 0 N–H and O–H groups in total. The molecule has 0 amide bonds. The standard InChI is InChI=1S/C28H17N5/c29-14-18-11-19(32-25-7-3-1-5-21(25)23-9-10-30-16-27(23)32)13-20(12-18)33-26-8-4-2-6-22(26)24-15-31-17-28(24)33/h1-13,15-16H,17H2. The fourth-order valence-corrected chi connectivity index (χ4v) is 5.15. The van der Waals surface area contributed by atoms with E-state index < -0.39 is 0 Å². The summed E-state index contributed by atoms with van der Waals surface area (Å²) in [5.41, 5.74) is 8.06. The Morgan fingerprint density at radius 3 is 2.27 bits per heavy atom. The summed E-state index contributed by atoms with van der Waals surface area (Å²) in [6.45, 7) is 0.634. The number of aliphatic imine (C=N–C) groups is 1. The average molecular weight is 423 g/mol. The van der Waals surface area contributed by atoms with Gasteiger partial charge in [0, 0.05) is 45.5 Å². The molecule has 1 aliphatic heterocycles. The molecule has 0 aliphatic carbocycles. The van der Waals surface area contributed by atoms with Gasteiger partial charge in [0.2, 0.25) is 0 Å². The van der Waals surface area contributed by atoms with Crippen molar-refractivity contribution >= 4 is 38.9 Å². The summed E-state index contributed by atoms with van der Waals surface area (Å²) >= 11 is 0. The van der Waals surface area contributed by atoms with Gasteiger partial charge in [-0.25, -0.2) is 0 Å². The van der Waals surface area contributed by atoms with Crippen molar-refractivity contribution in [1.29, 1.82) is 5.26 Å². The highest BCUT2D eigenvalue weighted by molar-refractivity contribution is 6.09. The van der Waals surface area contributed by atoms with Gasteiger partial charge in [-0.3, -0.25) is 9.98 Å². The average Bonchev–Trinajstić information content (AvgIpc) is 3.55. The van der Waals surface area contributed by atoms with Crippen molar-refractivity contribution in [1.82, 2.24) is 14.1 Å². The summed E-state index contributed by atoms with van der Waals surface area (Å²) in [7, 11) is 0. The number of nitrogens with zero attached hydrogens (tertiary/aromatic N) is 5. The quantitative estimate of drug-likeness (QED) is 0.347. The fourth-order valence-electron chi connectivity index (χ4n) is 5.15. The predicted molar refractivity (Wildman–Crippen MR) is 131 cm³/mol.